The van der Waals surface area contributed by atoms with Crippen LogP contribution in [0.1, 0.15) is 37.8 Å². The monoisotopic (exact) mass is 529 g/mol. The first kappa shape index (κ1) is 25.2. The Morgan fingerprint density at radius 2 is 2.14 bits per heavy atom. The fourth-order valence-corrected chi connectivity index (χ4v) is 4.22. The Morgan fingerprint density at radius 3 is 2.71 bits per heavy atom. The first-order valence-electron chi connectivity index (χ1n) is 9.28. The average Bonchev–Trinajstić information content (AvgIpc) is 2.62. The van der Waals surface area contributed by atoms with E-state index >= 15 is 0 Å². The van der Waals surface area contributed by atoms with Gasteiger partial charge < -0.3 is 20.5 Å². The normalized spacial score (nSPS) is 21.7. The molecule has 2 unspecified atom stereocenters. The molecule has 28 heavy (non-hydrogen) atoms. The fourth-order valence-electron chi connectivity index (χ4n) is 3.02. The molecule has 0 aliphatic heterocycles. The number of guanidine groups is 1. The molecular weight excluding hydrogens is 499 g/mol. The van der Waals surface area contributed by atoms with E-state index < -0.39 is 12.2 Å². The zero-order valence-electron chi connectivity index (χ0n) is 16.5. The van der Waals surface area contributed by atoms with Crippen molar-refractivity contribution in [1.82, 2.24) is 10.6 Å². The number of benzene rings is 1. The third kappa shape index (κ3) is 7.22. The minimum absolute atomic E-state index is 0. The maximum atomic E-state index is 12.6. The molecular formula is C19H30F2IN3O2S. The predicted octanol–water partition coefficient (Wildman–Crippen LogP) is 3.92. The van der Waals surface area contributed by atoms with Crippen molar-refractivity contribution in [3.8, 4) is 5.75 Å². The molecule has 1 fully saturated rings. The van der Waals surface area contributed by atoms with Crippen LogP contribution in [-0.4, -0.2) is 47.4 Å². The summed E-state index contributed by atoms with van der Waals surface area (Å²) in [6.07, 6.45) is 1.78. The van der Waals surface area contributed by atoms with Gasteiger partial charge in [-0.15, -0.1) is 24.0 Å². The van der Waals surface area contributed by atoms with Crippen LogP contribution in [0.25, 0.3) is 0 Å². The highest BCUT2D eigenvalue weighted by molar-refractivity contribution is 14.0. The summed E-state index contributed by atoms with van der Waals surface area (Å²) in [7, 11) is 0. The number of aryl methyl sites for hydroxylation is 1. The number of thioether (sulfide) groups is 1. The molecule has 2 rings (SSSR count). The first-order chi connectivity index (χ1) is 12.9. The van der Waals surface area contributed by atoms with Crippen LogP contribution < -0.4 is 15.4 Å². The van der Waals surface area contributed by atoms with E-state index in [4.69, 9.17) is 0 Å². The number of hydrogen-bond donors (Lipinski definition) is 3. The largest absolute Gasteiger partial charge is 0.434 e. The number of halogens is 3. The van der Waals surface area contributed by atoms with Crippen molar-refractivity contribution in [2.24, 2.45) is 4.99 Å². The summed E-state index contributed by atoms with van der Waals surface area (Å²) < 4.78 is 29.8. The van der Waals surface area contributed by atoms with Gasteiger partial charge in [-0.25, -0.2) is 4.99 Å². The van der Waals surface area contributed by atoms with Crippen LogP contribution in [0.4, 0.5) is 8.78 Å². The van der Waals surface area contributed by atoms with Gasteiger partial charge in [-0.3, -0.25) is 0 Å². The lowest BCUT2D eigenvalue weighted by molar-refractivity contribution is -0.0504. The molecule has 0 amide bonds. The first-order valence-corrected chi connectivity index (χ1v) is 10.3. The minimum atomic E-state index is -2.87. The van der Waals surface area contributed by atoms with Crippen molar-refractivity contribution in [2.75, 3.05) is 18.8 Å². The smallest absolute Gasteiger partial charge is 0.387 e. The average molecular weight is 529 g/mol. The maximum absolute atomic E-state index is 12.6. The summed E-state index contributed by atoms with van der Waals surface area (Å²) in [4.78, 5) is 4.48. The summed E-state index contributed by atoms with van der Waals surface area (Å²) in [6.45, 7) is 4.32. The second-order valence-electron chi connectivity index (χ2n) is 6.62. The number of aliphatic hydroxyl groups is 1. The van der Waals surface area contributed by atoms with E-state index in [2.05, 4.69) is 27.3 Å². The number of rotatable bonds is 9. The molecule has 1 aromatic carbocycles. The lowest BCUT2D eigenvalue weighted by Crippen LogP contribution is -2.58. The Morgan fingerprint density at radius 1 is 1.39 bits per heavy atom. The van der Waals surface area contributed by atoms with E-state index in [1.165, 1.54) is 6.07 Å². The quantitative estimate of drug-likeness (QED) is 0.257. The molecule has 2 atom stereocenters. The zero-order valence-corrected chi connectivity index (χ0v) is 19.7. The Bertz CT molecular complexity index is 652. The van der Waals surface area contributed by atoms with Gasteiger partial charge in [0.05, 0.1) is 12.1 Å². The molecule has 1 aliphatic rings. The molecule has 0 bridgehead atoms. The summed E-state index contributed by atoms with van der Waals surface area (Å²) in [5.74, 6) is 1.65. The Balaban J connectivity index is 0.00000392. The van der Waals surface area contributed by atoms with Crippen molar-refractivity contribution in [1.29, 1.82) is 0 Å². The number of aliphatic imine (C=N–C) groups is 1. The SMILES string of the molecule is CCNC(=NCc1cc(C)ccc1OC(F)F)NCC1(O)CCC1SCC.I. The van der Waals surface area contributed by atoms with Crippen LogP contribution in [0.5, 0.6) is 5.75 Å². The molecule has 3 N–H and O–H groups in total. The third-order valence-electron chi connectivity index (χ3n) is 4.55. The third-order valence-corrected chi connectivity index (χ3v) is 5.96. The summed E-state index contributed by atoms with van der Waals surface area (Å²) in [5, 5.41) is 17.3. The van der Waals surface area contributed by atoms with Crippen molar-refractivity contribution in [3.05, 3.63) is 29.3 Å². The van der Waals surface area contributed by atoms with Gasteiger partial charge in [0.25, 0.3) is 0 Å². The number of alkyl halides is 2. The van der Waals surface area contributed by atoms with Crippen molar-refractivity contribution >= 4 is 41.7 Å². The van der Waals surface area contributed by atoms with Crippen molar-refractivity contribution in [2.45, 2.75) is 57.6 Å². The zero-order chi connectivity index (χ0) is 19.9. The number of ether oxygens (including phenoxy) is 1. The molecule has 5 nitrogen and oxygen atoms in total. The molecule has 1 aliphatic carbocycles. The number of hydrogen-bond acceptors (Lipinski definition) is 4. The van der Waals surface area contributed by atoms with Crippen LogP contribution in [0, 0.1) is 6.92 Å². The predicted molar refractivity (Wildman–Crippen MR) is 122 cm³/mol. The van der Waals surface area contributed by atoms with E-state index in [1.54, 1.807) is 23.9 Å². The van der Waals surface area contributed by atoms with Crippen molar-refractivity contribution < 1.29 is 18.6 Å². The Hall–Kier alpha value is -0.810. The topological polar surface area (TPSA) is 65.9 Å². The molecule has 0 heterocycles. The lowest BCUT2D eigenvalue weighted by Gasteiger charge is -2.45. The standard InChI is InChI=1S/C19H29F2N3O2S.HI/c1-4-22-18(24-12-19(25)9-8-16(19)27-5-2)23-11-14-10-13(3)6-7-15(14)26-17(20)21;/h6-7,10,16-17,25H,4-5,8-9,11-12H2,1-3H3,(H2,22,23,24);1H. The number of nitrogens with zero attached hydrogens (tertiary/aromatic N) is 1. The lowest BCUT2D eigenvalue weighted by atomic mass is 9.79. The fraction of sp³-hybridized carbons (Fsp3) is 0.632. The molecule has 0 aromatic heterocycles. The maximum Gasteiger partial charge on any atom is 0.387 e. The second kappa shape index (κ2) is 12.0. The summed E-state index contributed by atoms with van der Waals surface area (Å²) in [6, 6.07) is 5.06. The van der Waals surface area contributed by atoms with Crippen LogP contribution in [0.15, 0.2) is 23.2 Å². The van der Waals surface area contributed by atoms with E-state index in [0.29, 0.717) is 24.6 Å². The Kier molecular flexibility index (Phi) is 10.8. The molecule has 160 valence electrons. The summed E-state index contributed by atoms with van der Waals surface area (Å²) in [5.41, 5.74) is 0.807. The van der Waals surface area contributed by atoms with Gasteiger partial charge in [0.2, 0.25) is 0 Å². The minimum Gasteiger partial charge on any atom is -0.434 e. The van der Waals surface area contributed by atoms with Gasteiger partial charge >= 0.3 is 6.61 Å². The summed E-state index contributed by atoms with van der Waals surface area (Å²) >= 11 is 1.77. The van der Waals surface area contributed by atoms with Crippen LogP contribution >= 0.6 is 35.7 Å². The van der Waals surface area contributed by atoms with E-state index in [9.17, 15) is 13.9 Å². The van der Waals surface area contributed by atoms with Gasteiger partial charge in [0.1, 0.15) is 5.75 Å². The van der Waals surface area contributed by atoms with Gasteiger partial charge in [-0.05, 0) is 38.5 Å². The molecule has 0 radical (unpaired) electrons. The van der Waals surface area contributed by atoms with E-state index in [-0.39, 0.29) is 41.5 Å². The van der Waals surface area contributed by atoms with Crippen molar-refractivity contribution in [3.63, 3.8) is 0 Å². The molecule has 1 saturated carbocycles. The van der Waals surface area contributed by atoms with Gasteiger partial charge in [0.15, 0.2) is 5.96 Å². The van der Waals surface area contributed by atoms with Gasteiger partial charge in [-0.1, -0.05) is 24.6 Å². The highest BCUT2D eigenvalue weighted by atomic mass is 127. The van der Waals surface area contributed by atoms with Gasteiger partial charge in [0, 0.05) is 23.9 Å². The number of nitrogens with one attached hydrogen (secondary N) is 2. The van der Waals surface area contributed by atoms with Crippen LogP contribution in [0.3, 0.4) is 0 Å². The van der Waals surface area contributed by atoms with Crippen LogP contribution in [0.2, 0.25) is 0 Å². The Labute approximate surface area is 187 Å². The van der Waals surface area contributed by atoms with E-state index in [1.807, 2.05) is 13.8 Å². The van der Waals surface area contributed by atoms with Crippen LogP contribution in [-0.2, 0) is 6.54 Å². The van der Waals surface area contributed by atoms with E-state index in [0.717, 1.165) is 24.2 Å². The molecule has 9 heteroatoms. The van der Waals surface area contributed by atoms with Gasteiger partial charge in [-0.2, -0.15) is 20.5 Å². The molecule has 0 spiro atoms. The molecule has 1 aromatic rings. The highest BCUT2D eigenvalue weighted by Gasteiger charge is 2.45. The second-order valence-corrected chi connectivity index (χ2v) is 8.10. The highest BCUT2D eigenvalue weighted by Crippen LogP contribution is 2.40. The molecule has 0 saturated heterocycles.